The van der Waals surface area contributed by atoms with Crippen molar-refractivity contribution in [3.8, 4) is 0 Å². The Morgan fingerprint density at radius 2 is 2.22 bits per heavy atom. The van der Waals surface area contributed by atoms with Crippen LogP contribution in [0.15, 0.2) is 18.5 Å². The highest BCUT2D eigenvalue weighted by Gasteiger charge is 2.31. The summed E-state index contributed by atoms with van der Waals surface area (Å²) in [6.07, 6.45) is 5.10. The van der Waals surface area contributed by atoms with Crippen molar-refractivity contribution in [3.05, 3.63) is 29.6 Å². The number of pyridine rings is 1. The molecule has 0 saturated carbocycles. The summed E-state index contributed by atoms with van der Waals surface area (Å²) in [7, 11) is 2.08. The highest BCUT2D eigenvalue weighted by Crippen LogP contribution is 2.25. The molecule has 0 aromatic carbocycles. The van der Waals surface area contributed by atoms with Crippen molar-refractivity contribution in [2.45, 2.75) is 45.8 Å². The summed E-state index contributed by atoms with van der Waals surface area (Å²) in [6.45, 7) is 9.09. The molecule has 3 nitrogen and oxygen atoms in total. The molecule has 1 aliphatic heterocycles. The fourth-order valence-electron chi connectivity index (χ4n) is 2.97. The number of rotatable bonds is 3. The molecule has 2 rings (SSSR count). The molecule has 1 saturated heterocycles. The summed E-state index contributed by atoms with van der Waals surface area (Å²) in [6, 6.07) is 3.44. The van der Waals surface area contributed by atoms with Crippen molar-refractivity contribution in [2.75, 3.05) is 13.6 Å². The van der Waals surface area contributed by atoms with Gasteiger partial charge in [-0.05, 0) is 50.4 Å². The number of likely N-dealkylation sites (tertiary alicyclic amines) is 1. The van der Waals surface area contributed by atoms with E-state index in [9.17, 15) is 0 Å². The molecular formula is C15H25N3. The highest BCUT2D eigenvalue weighted by molar-refractivity contribution is 5.21. The maximum Gasteiger partial charge on any atom is 0.0300 e. The second kappa shape index (κ2) is 5.81. The third kappa shape index (κ3) is 2.73. The minimum Gasteiger partial charge on any atom is -0.317 e. The van der Waals surface area contributed by atoms with Crippen LogP contribution in [0.3, 0.4) is 0 Å². The first-order valence-electron chi connectivity index (χ1n) is 6.94. The molecule has 0 aliphatic carbocycles. The van der Waals surface area contributed by atoms with Gasteiger partial charge in [-0.25, -0.2) is 0 Å². The SMILES string of the molecule is CNC1CCN(Cc2ccncc2C)C(C)C1C. The highest BCUT2D eigenvalue weighted by atomic mass is 15.2. The van der Waals surface area contributed by atoms with Crippen molar-refractivity contribution in [3.63, 3.8) is 0 Å². The van der Waals surface area contributed by atoms with E-state index >= 15 is 0 Å². The zero-order chi connectivity index (χ0) is 13.1. The molecular weight excluding hydrogens is 222 g/mol. The van der Waals surface area contributed by atoms with Crippen LogP contribution in [0.2, 0.25) is 0 Å². The third-order valence-electron chi connectivity index (χ3n) is 4.58. The topological polar surface area (TPSA) is 28.2 Å². The van der Waals surface area contributed by atoms with Gasteiger partial charge in [0, 0.05) is 37.6 Å². The van der Waals surface area contributed by atoms with Crippen molar-refractivity contribution in [2.24, 2.45) is 5.92 Å². The minimum absolute atomic E-state index is 0.628. The van der Waals surface area contributed by atoms with Crippen molar-refractivity contribution in [1.82, 2.24) is 15.2 Å². The van der Waals surface area contributed by atoms with E-state index < -0.39 is 0 Å². The lowest BCUT2D eigenvalue weighted by molar-refractivity contribution is 0.0809. The van der Waals surface area contributed by atoms with Crippen LogP contribution in [0, 0.1) is 12.8 Å². The predicted molar refractivity (Wildman–Crippen MR) is 75.5 cm³/mol. The summed E-state index contributed by atoms with van der Waals surface area (Å²) in [5.74, 6) is 0.700. The molecule has 3 unspecified atom stereocenters. The van der Waals surface area contributed by atoms with E-state index in [1.807, 2.05) is 12.4 Å². The van der Waals surface area contributed by atoms with Crippen molar-refractivity contribution >= 4 is 0 Å². The number of aromatic nitrogens is 1. The van der Waals surface area contributed by atoms with Gasteiger partial charge in [0.05, 0.1) is 0 Å². The Hall–Kier alpha value is -0.930. The number of nitrogens with one attached hydrogen (secondary N) is 1. The van der Waals surface area contributed by atoms with Crippen LogP contribution in [0.25, 0.3) is 0 Å². The Balaban J connectivity index is 2.05. The zero-order valence-corrected chi connectivity index (χ0v) is 12.0. The van der Waals surface area contributed by atoms with Crippen LogP contribution in [0.1, 0.15) is 31.4 Å². The molecule has 0 radical (unpaired) electrons. The molecule has 1 fully saturated rings. The summed E-state index contributed by atoms with van der Waals surface area (Å²) in [5, 5.41) is 3.44. The lowest BCUT2D eigenvalue weighted by atomic mass is 9.87. The Morgan fingerprint density at radius 1 is 1.44 bits per heavy atom. The van der Waals surface area contributed by atoms with E-state index in [0.29, 0.717) is 18.0 Å². The maximum atomic E-state index is 4.17. The van der Waals surface area contributed by atoms with Gasteiger partial charge in [0.2, 0.25) is 0 Å². The molecule has 0 amide bonds. The minimum atomic E-state index is 0.628. The molecule has 1 N–H and O–H groups in total. The normalized spacial score (nSPS) is 29.4. The summed E-state index contributed by atoms with van der Waals surface area (Å²) >= 11 is 0. The van der Waals surface area contributed by atoms with Gasteiger partial charge in [-0.3, -0.25) is 9.88 Å². The van der Waals surface area contributed by atoms with Crippen LogP contribution in [0.5, 0.6) is 0 Å². The molecule has 18 heavy (non-hydrogen) atoms. The van der Waals surface area contributed by atoms with Crippen LogP contribution < -0.4 is 5.32 Å². The smallest absolute Gasteiger partial charge is 0.0300 e. The Kier molecular flexibility index (Phi) is 4.36. The van der Waals surface area contributed by atoms with Gasteiger partial charge in [0.15, 0.2) is 0 Å². The van der Waals surface area contributed by atoms with E-state index in [0.717, 1.165) is 6.54 Å². The predicted octanol–water partition coefficient (Wildman–Crippen LogP) is 2.21. The van der Waals surface area contributed by atoms with Gasteiger partial charge in [-0.2, -0.15) is 0 Å². The first-order chi connectivity index (χ1) is 8.63. The van der Waals surface area contributed by atoms with E-state index in [4.69, 9.17) is 0 Å². The van der Waals surface area contributed by atoms with Gasteiger partial charge in [-0.1, -0.05) is 6.92 Å². The van der Waals surface area contributed by atoms with E-state index in [1.54, 1.807) is 0 Å². The molecule has 3 heteroatoms. The molecule has 3 atom stereocenters. The third-order valence-corrected chi connectivity index (χ3v) is 4.58. The van der Waals surface area contributed by atoms with E-state index in [2.05, 4.69) is 49.1 Å². The zero-order valence-electron chi connectivity index (χ0n) is 12.0. The van der Waals surface area contributed by atoms with Crippen LogP contribution in [0.4, 0.5) is 0 Å². The quantitative estimate of drug-likeness (QED) is 0.887. The molecule has 1 aromatic heterocycles. The number of aryl methyl sites for hydroxylation is 1. The van der Waals surface area contributed by atoms with Gasteiger partial charge in [0.1, 0.15) is 0 Å². The lowest BCUT2D eigenvalue weighted by Gasteiger charge is -2.42. The number of nitrogens with zero attached hydrogens (tertiary/aromatic N) is 2. The summed E-state index contributed by atoms with van der Waals surface area (Å²) < 4.78 is 0. The van der Waals surface area contributed by atoms with Crippen LogP contribution in [-0.2, 0) is 6.54 Å². The second-order valence-corrected chi connectivity index (χ2v) is 5.56. The first-order valence-corrected chi connectivity index (χ1v) is 6.94. The average molecular weight is 247 g/mol. The van der Waals surface area contributed by atoms with E-state index in [-0.39, 0.29) is 0 Å². The van der Waals surface area contributed by atoms with Gasteiger partial charge < -0.3 is 5.32 Å². The molecule has 0 bridgehead atoms. The van der Waals surface area contributed by atoms with Gasteiger partial charge in [0.25, 0.3) is 0 Å². The lowest BCUT2D eigenvalue weighted by Crippen LogP contribution is -2.52. The van der Waals surface area contributed by atoms with Gasteiger partial charge in [-0.15, -0.1) is 0 Å². The number of piperidine rings is 1. The monoisotopic (exact) mass is 247 g/mol. The molecule has 1 aliphatic rings. The average Bonchev–Trinajstić information content (AvgIpc) is 2.38. The molecule has 1 aromatic rings. The number of hydrogen-bond acceptors (Lipinski definition) is 3. The number of hydrogen-bond donors (Lipinski definition) is 1. The Bertz CT molecular complexity index is 391. The fraction of sp³-hybridized carbons (Fsp3) is 0.667. The van der Waals surface area contributed by atoms with Crippen molar-refractivity contribution in [1.29, 1.82) is 0 Å². The Morgan fingerprint density at radius 3 is 2.89 bits per heavy atom. The Labute approximate surface area is 111 Å². The fourth-order valence-corrected chi connectivity index (χ4v) is 2.97. The first kappa shape index (κ1) is 13.5. The summed E-state index contributed by atoms with van der Waals surface area (Å²) in [4.78, 5) is 6.77. The molecule has 2 heterocycles. The van der Waals surface area contributed by atoms with Crippen molar-refractivity contribution < 1.29 is 0 Å². The maximum absolute atomic E-state index is 4.17. The molecule has 100 valence electrons. The summed E-state index contributed by atoms with van der Waals surface area (Å²) in [5.41, 5.74) is 2.71. The largest absolute Gasteiger partial charge is 0.317 e. The standard InChI is InChI=1S/C15H25N3/c1-11-9-17-7-5-14(11)10-18-8-6-15(16-4)12(2)13(18)3/h5,7,9,12-13,15-16H,6,8,10H2,1-4H3. The van der Waals surface area contributed by atoms with E-state index in [1.165, 1.54) is 24.1 Å². The van der Waals surface area contributed by atoms with Crippen LogP contribution >= 0.6 is 0 Å². The molecule has 0 spiro atoms. The van der Waals surface area contributed by atoms with Crippen LogP contribution in [-0.4, -0.2) is 35.6 Å². The second-order valence-electron chi connectivity index (χ2n) is 5.56. The van der Waals surface area contributed by atoms with Gasteiger partial charge >= 0.3 is 0 Å².